The predicted molar refractivity (Wildman–Crippen MR) is 75.4 cm³/mol. The maximum atomic E-state index is 8.66. The molecule has 0 heterocycles. The third-order valence-electron chi connectivity index (χ3n) is 3.75. The first kappa shape index (κ1) is 15.5. The van der Waals surface area contributed by atoms with Crippen molar-refractivity contribution in [2.24, 2.45) is 5.16 Å². The van der Waals surface area contributed by atoms with Crippen LogP contribution in [0.5, 0.6) is 0 Å². The monoisotopic (exact) mass is 255 g/mol. The second-order valence-corrected chi connectivity index (χ2v) is 5.36. The number of rotatable bonds is 9. The van der Waals surface area contributed by atoms with Gasteiger partial charge >= 0.3 is 0 Å². The highest BCUT2D eigenvalue weighted by Crippen LogP contribution is 2.19. The molecule has 1 aliphatic carbocycles. The van der Waals surface area contributed by atoms with Gasteiger partial charge in [0.05, 0.1) is 11.8 Å². The summed E-state index contributed by atoms with van der Waals surface area (Å²) in [7, 11) is 0. The predicted octanol–water partition coefficient (Wildman–Crippen LogP) is 4.53. The van der Waals surface area contributed by atoms with Crippen molar-refractivity contribution < 1.29 is 9.94 Å². The number of unbranched alkanes of at least 4 members (excludes halogenated alkanes) is 6. The van der Waals surface area contributed by atoms with E-state index >= 15 is 0 Å². The fourth-order valence-corrected chi connectivity index (χ4v) is 2.50. The molecule has 0 aromatic rings. The van der Waals surface area contributed by atoms with Gasteiger partial charge in [-0.2, -0.15) is 0 Å². The van der Waals surface area contributed by atoms with Crippen LogP contribution in [0.2, 0.25) is 0 Å². The SMILES string of the molecule is CCCCCCCCCOC1CCC(=NO)CC1. The second kappa shape index (κ2) is 10.4. The molecule has 0 aliphatic heterocycles. The topological polar surface area (TPSA) is 41.8 Å². The molecule has 3 nitrogen and oxygen atoms in total. The molecule has 0 radical (unpaired) electrons. The van der Waals surface area contributed by atoms with Gasteiger partial charge in [0.25, 0.3) is 0 Å². The Hall–Kier alpha value is -0.570. The van der Waals surface area contributed by atoms with Gasteiger partial charge in [-0.25, -0.2) is 0 Å². The van der Waals surface area contributed by atoms with Gasteiger partial charge in [-0.15, -0.1) is 0 Å². The Morgan fingerprint density at radius 1 is 1.06 bits per heavy atom. The van der Waals surface area contributed by atoms with Crippen LogP contribution in [-0.2, 0) is 4.74 Å². The van der Waals surface area contributed by atoms with Crippen LogP contribution in [0.3, 0.4) is 0 Å². The summed E-state index contributed by atoms with van der Waals surface area (Å²) in [5, 5.41) is 11.9. The van der Waals surface area contributed by atoms with Gasteiger partial charge in [0.2, 0.25) is 0 Å². The molecule has 0 amide bonds. The Labute approximate surface area is 112 Å². The number of hydrogen-bond donors (Lipinski definition) is 1. The lowest BCUT2D eigenvalue weighted by Crippen LogP contribution is -2.22. The van der Waals surface area contributed by atoms with E-state index in [4.69, 9.17) is 9.94 Å². The Morgan fingerprint density at radius 2 is 1.67 bits per heavy atom. The van der Waals surface area contributed by atoms with Gasteiger partial charge in [-0.1, -0.05) is 50.6 Å². The Balaban J connectivity index is 1.86. The van der Waals surface area contributed by atoms with Gasteiger partial charge in [0.15, 0.2) is 0 Å². The largest absolute Gasteiger partial charge is 0.411 e. The van der Waals surface area contributed by atoms with Crippen molar-refractivity contribution in [3.8, 4) is 0 Å². The van der Waals surface area contributed by atoms with E-state index in [2.05, 4.69) is 12.1 Å². The van der Waals surface area contributed by atoms with Crippen molar-refractivity contribution in [3.05, 3.63) is 0 Å². The zero-order valence-electron chi connectivity index (χ0n) is 11.9. The molecule has 0 atom stereocenters. The Morgan fingerprint density at radius 3 is 2.28 bits per heavy atom. The molecule has 0 aromatic heterocycles. The lowest BCUT2D eigenvalue weighted by molar-refractivity contribution is 0.0374. The molecule has 0 bridgehead atoms. The number of hydrogen-bond acceptors (Lipinski definition) is 3. The summed E-state index contributed by atoms with van der Waals surface area (Å²) in [6, 6.07) is 0. The molecule has 0 spiro atoms. The summed E-state index contributed by atoms with van der Waals surface area (Å²) >= 11 is 0. The van der Waals surface area contributed by atoms with Crippen LogP contribution in [0.4, 0.5) is 0 Å². The smallest absolute Gasteiger partial charge is 0.0582 e. The van der Waals surface area contributed by atoms with E-state index < -0.39 is 0 Å². The van der Waals surface area contributed by atoms with Crippen LogP contribution in [0.25, 0.3) is 0 Å². The molecule has 3 heteroatoms. The summed E-state index contributed by atoms with van der Waals surface area (Å²) < 4.78 is 5.87. The number of oxime groups is 1. The van der Waals surface area contributed by atoms with E-state index in [1.165, 1.54) is 44.9 Å². The van der Waals surface area contributed by atoms with Gasteiger partial charge in [-0.3, -0.25) is 0 Å². The molecule has 1 saturated carbocycles. The maximum Gasteiger partial charge on any atom is 0.0582 e. The van der Waals surface area contributed by atoms with Crippen LogP contribution in [0.1, 0.15) is 77.6 Å². The first-order chi connectivity index (χ1) is 8.86. The van der Waals surface area contributed by atoms with Crippen molar-refractivity contribution >= 4 is 5.71 Å². The Bertz CT molecular complexity index is 219. The van der Waals surface area contributed by atoms with Gasteiger partial charge < -0.3 is 9.94 Å². The van der Waals surface area contributed by atoms with Gasteiger partial charge in [0, 0.05) is 6.61 Å². The van der Waals surface area contributed by atoms with Gasteiger partial charge in [0.1, 0.15) is 0 Å². The number of nitrogens with zero attached hydrogens (tertiary/aromatic N) is 1. The van der Waals surface area contributed by atoms with Crippen molar-refractivity contribution in [2.75, 3.05) is 6.61 Å². The molecule has 1 rings (SSSR count). The minimum absolute atomic E-state index is 0.399. The molecular formula is C15H29NO2. The van der Waals surface area contributed by atoms with E-state index in [1.807, 2.05) is 0 Å². The summed E-state index contributed by atoms with van der Waals surface area (Å²) in [5.41, 5.74) is 0.936. The van der Waals surface area contributed by atoms with Gasteiger partial charge in [-0.05, 0) is 32.1 Å². The Kier molecular flexibility index (Phi) is 8.92. The van der Waals surface area contributed by atoms with Crippen LogP contribution in [0, 0.1) is 0 Å². The van der Waals surface area contributed by atoms with Crippen molar-refractivity contribution in [1.29, 1.82) is 0 Å². The minimum Gasteiger partial charge on any atom is -0.411 e. The molecule has 18 heavy (non-hydrogen) atoms. The molecule has 1 aliphatic rings. The van der Waals surface area contributed by atoms with Crippen LogP contribution >= 0.6 is 0 Å². The van der Waals surface area contributed by atoms with Crippen molar-refractivity contribution in [2.45, 2.75) is 83.7 Å². The summed E-state index contributed by atoms with van der Waals surface area (Å²) in [6.45, 7) is 3.16. The zero-order chi connectivity index (χ0) is 13.1. The second-order valence-electron chi connectivity index (χ2n) is 5.36. The normalized spacial score (nSPS) is 20.1. The standard InChI is InChI=1S/C15H29NO2/c1-2-3-4-5-6-7-8-13-18-15-11-9-14(16-17)10-12-15/h15,17H,2-13H2,1H3. The van der Waals surface area contributed by atoms with E-state index in [1.54, 1.807) is 0 Å². The molecule has 106 valence electrons. The highest BCUT2D eigenvalue weighted by Gasteiger charge is 2.17. The first-order valence-electron chi connectivity index (χ1n) is 7.68. The number of ether oxygens (including phenoxy) is 1. The quantitative estimate of drug-likeness (QED) is 0.374. The van der Waals surface area contributed by atoms with Crippen LogP contribution in [0.15, 0.2) is 5.16 Å². The zero-order valence-corrected chi connectivity index (χ0v) is 11.9. The highest BCUT2D eigenvalue weighted by atomic mass is 16.5. The van der Waals surface area contributed by atoms with Crippen LogP contribution < -0.4 is 0 Å². The van der Waals surface area contributed by atoms with E-state index in [0.717, 1.165) is 38.0 Å². The molecule has 0 saturated heterocycles. The third kappa shape index (κ3) is 7.00. The average Bonchev–Trinajstić information content (AvgIpc) is 2.42. The molecular weight excluding hydrogens is 226 g/mol. The van der Waals surface area contributed by atoms with Crippen LogP contribution in [-0.4, -0.2) is 23.6 Å². The lowest BCUT2D eigenvalue weighted by Gasteiger charge is -2.22. The molecule has 0 aromatic carbocycles. The summed E-state index contributed by atoms with van der Waals surface area (Å²) in [4.78, 5) is 0. The van der Waals surface area contributed by atoms with E-state index in [9.17, 15) is 0 Å². The summed E-state index contributed by atoms with van der Waals surface area (Å²) in [5.74, 6) is 0. The fourth-order valence-electron chi connectivity index (χ4n) is 2.50. The molecule has 1 N–H and O–H groups in total. The third-order valence-corrected chi connectivity index (χ3v) is 3.75. The van der Waals surface area contributed by atoms with E-state index in [0.29, 0.717) is 6.10 Å². The average molecular weight is 255 g/mol. The maximum absolute atomic E-state index is 8.66. The van der Waals surface area contributed by atoms with Crippen molar-refractivity contribution in [1.82, 2.24) is 0 Å². The highest BCUT2D eigenvalue weighted by molar-refractivity contribution is 5.84. The first-order valence-corrected chi connectivity index (χ1v) is 7.68. The minimum atomic E-state index is 0.399. The summed E-state index contributed by atoms with van der Waals surface area (Å²) in [6.07, 6.45) is 13.6. The van der Waals surface area contributed by atoms with Crippen molar-refractivity contribution in [3.63, 3.8) is 0 Å². The fraction of sp³-hybridized carbons (Fsp3) is 0.933. The molecule has 1 fully saturated rings. The van der Waals surface area contributed by atoms with E-state index in [-0.39, 0.29) is 0 Å². The molecule has 0 unspecified atom stereocenters. The lowest BCUT2D eigenvalue weighted by atomic mass is 9.96.